The maximum atomic E-state index is 12.5. The van der Waals surface area contributed by atoms with Crippen LogP contribution in [-0.2, 0) is 0 Å². The van der Waals surface area contributed by atoms with Gasteiger partial charge in [-0.15, -0.1) is 24.8 Å². The van der Waals surface area contributed by atoms with E-state index in [4.69, 9.17) is 5.73 Å². The summed E-state index contributed by atoms with van der Waals surface area (Å²) in [4.78, 5) is 16.9. The minimum atomic E-state index is 0. The van der Waals surface area contributed by atoms with E-state index in [1.165, 1.54) is 0 Å². The molecule has 0 aromatic heterocycles. The number of nitrogen functional groups attached to an aromatic ring is 1. The van der Waals surface area contributed by atoms with E-state index in [9.17, 15) is 4.79 Å². The molecule has 2 rings (SSSR count). The number of hydrogen-bond donors (Lipinski definition) is 1. The zero-order chi connectivity index (χ0) is 14.7. The number of anilines is 1. The Morgan fingerprint density at radius 1 is 1.41 bits per heavy atom. The van der Waals surface area contributed by atoms with E-state index in [1.54, 1.807) is 12.1 Å². The van der Waals surface area contributed by atoms with Crippen LogP contribution in [0.3, 0.4) is 0 Å². The van der Waals surface area contributed by atoms with Crippen LogP contribution in [0.15, 0.2) is 24.3 Å². The summed E-state index contributed by atoms with van der Waals surface area (Å²) in [7, 11) is 1.91. The Labute approximate surface area is 145 Å². The van der Waals surface area contributed by atoms with Gasteiger partial charge in [0.15, 0.2) is 0 Å². The van der Waals surface area contributed by atoms with E-state index in [0.29, 0.717) is 23.2 Å². The van der Waals surface area contributed by atoms with Crippen molar-refractivity contribution in [3.63, 3.8) is 0 Å². The summed E-state index contributed by atoms with van der Waals surface area (Å²) in [5, 5.41) is 0. The van der Waals surface area contributed by atoms with Gasteiger partial charge in [-0.1, -0.05) is 19.9 Å². The molecule has 1 fully saturated rings. The summed E-state index contributed by atoms with van der Waals surface area (Å²) in [6.07, 6.45) is 1.04. The van der Waals surface area contributed by atoms with Crippen LogP contribution in [0.5, 0.6) is 0 Å². The molecule has 0 saturated carbocycles. The zero-order valence-electron chi connectivity index (χ0n) is 13.5. The van der Waals surface area contributed by atoms with Gasteiger partial charge in [-0.05, 0) is 37.1 Å². The molecule has 1 saturated heterocycles. The summed E-state index contributed by atoms with van der Waals surface area (Å²) in [5.41, 5.74) is 7.08. The van der Waals surface area contributed by atoms with Crippen molar-refractivity contribution in [2.24, 2.45) is 5.92 Å². The van der Waals surface area contributed by atoms with E-state index in [2.05, 4.69) is 18.7 Å². The Balaban J connectivity index is 0.00000220. The first-order chi connectivity index (χ1) is 9.52. The number of likely N-dealkylation sites (tertiary alicyclic amines) is 1. The highest BCUT2D eigenvalue weighted by Crippen LogP contribution is 2.22. The van der Waals surface area contributed by atoms with Crippen molar-refractivity contribution in [2.45, 2.75) is 26.3 Å². The van der Waals surface area contributed by atoms with Gasteiger partial charge < -0.3 is 15.5 Å². The number of nitrogens with two attached hydrogens (primary N) is 1. The maximum Gasteiger partial charge on any atom is 0.253 e. The first kappa shape index (κ1) is 21.0. The molecular weight excluding hydrogens is 321 g/mol. The van der Waals surface area contributed by atoms with Gasteiger partial charge in [-0.2, -0.15) is 0 Å². The van der Waals surface area contributed by atoms with Crippen LogP contribution in [0.25, 0.3) is 0 Å². The van der Waals surface area contributed by atoms with Gasteiger partial charge in [0.05, 0.1) is 0 Å². The predicted molar refractivity (Wildman–Crippen MR) is 97.1 cm³/mol. The smallest absolute Gasteiger partial charge is 0.253 e. The van der Waals surface area contributed by atoms with Crippen molar-refractivity contribution in [1.82, 2.24) is 9.80 Å². The lowest BCUT2D eigenvalue weighted by atomic mass is 9.92. The summed E-state index contributed by atoms with van der Waals surface area (Å²) < 4.78 is 0. The van der Waals surface area contributed by atoms with Gasteiger partial charge in [0.2, 0.25) is 0 Å². The Morgan fingerprint density at radius 2 is 2.09 bits per heavy atom. The third-order valence-electron chi connectivity index (χ3n) is 4.34. The molecule has 0 radical (unpaired) electrons. The molecule has 1 aromatic carbocycles. The first-order valence-electron chi connectivity index (χ1n) is 7.38. The first-order valence-corrected chi connectivity index (χ1v) is 7.38. The number of piperidine rings is 1. The van der Waals surface area contributed by atoms with Gasteiger partial charge >= 0.3 is 0 Å². The van der Waals surface area contributed by atoms with Gasteiger partial charge in [-0.3, -0.25) is 4.79 Å². The lowest BCUT2D eigenvalue weighted by Crippen LogP contribution is -2.50. The van der Waals surface area contributed by atoms with Crippen molar-refractivity contribution in [3.05, 3.63) is 29.8 Å². The maximum absolute atomic E-state index is 12.5. The number of benzene rings is 1. The van der Waals surface area contributed by atoms with Gasteiger partial charge in [0, 0.05) is 37.4 Å². The Kier molecular flexibility index (Phi) is 8.83. The summed E-state index contributed by atoms with van der Waals surface area (Å²) in [5.74, 6) is 0.567. The average molecular weight is 348 g/mol. The molecule has 0 spiro atoms. The molecule has 2 atom stereocenters. The van der Waals surface area contributed by atoms with Gasteiger partial charge in [0.1, 0.15) is 0 Å². The molecule has 0 aliphatic carbocycles. The van der Waals surface area contributed by atoms with Crippen molar-refractivity contribution in [1.29, 1.82) is 0 Å². The van der Waals surface area contributed by atoms with E-state index in [-0.39, 0.29) is 30.7 Å². The molecule has 0 bridgehead atoms. The highest BCUT2D eigenvalue weighted by Gasteiger charge is 2.30. The summed E-state index contributed by atoms with van der Waals surface area (Å²) >= 11 is 0. The van der Waals surface area contributed by atoms with E-state index >= 15 is 0 Å². The van der Waals surface area contributed by atoms with Crippen LogP contribution in [-0.4, -0.2) is 48.4 Å². The standard InChI is InChI=1S/C16H25N3O.2ClH/c1-4-19-9-8-15(12(2)11-19)18(3)16(20)13-6-5-7-14(17)10-13;;/h5-7,10,12,15H,4,8-9,11,17H2,1-3H3;2*1H. The van der Waals surface area contributed by atoms with Crippen molar-refractivity contribution < 1.29 is 4.79 Å². The number of nitrogens with zero attached hydrogens (tertiary/aromatic N) is 2. The topological polar surface area (TPSA) is 49.6 Å². The largest absolute Gasteiger partial charge is 0.399 e. The van der Waals surface area contributed by atoms with Crippen LogP contribution in [0.4, 0.5) is 5.69 Å². The van der Waals surface area contributed by atoms with Crippen LogP contribution in [0.2, 0.25) is 0 Å². The Bertz CT molecular complexity index is 484. The molecule has 22 heavy (non-hydrogen) atoms. The minimum absolute atomic E-state index is 0. The molecule has 4 nitrogen and oxygen atoms in total. The monoisotopic (exact) mass is 347 g/mol. The number of hydrogen-bond acceptors (Lipinski definition) is 3. The molecule has 1 aromatic rings. The molecule has 1 aliphatic rings. The van der Waals surface area contributed by atoms with Crippen molar-refractivity contribution in [2.75, 3.05) is 32.4 Å². The number of amides is 1. The second-order valence-corrected chi connectivity index (χ2v) is 5.77. The molecule has 126 valence electrons. The van der Waals surface area contributed by atoms with Crippen molar-refractivity contribution in [3.8, 4) is 0 Å². The quantitative estimate of drug-likeness (QED) is 0.855. The zero-order valence-corrected chi connectivity index (χ0v) is 15.1. The highest BCUT2D eigenvalue weighted by atomic mass is 35.5. The van der Waals surface area contributed by atoms with E-state index in [0.717, 1.165) is 26.1 Å². The average Bonchev–Trinajstić information content (AvgIpc) is 2.45. The second kappa shape index (κ2) is 9.23. The van der Waals surface area contributed by atoms with Crippen LogP contribution < -0.4 is 5.73 Å². The molecular formula is C16H27Cl2N3O. The molecule has 1 aliphatic heterocycles. The fourth-order valence-corrected chi connectivity index (χ4v) is 3.11. The minimum Gasteiger partial charge on any atom is -0.399 e. The number of carbonyl (C=O) groups excluding carboxylic acids is 1. The number of carbonyl (C=O) groups is 1. The molecule has 2 unspecified atom stereocenters. The van der Waals surface area contributed by atoms with Crippen LogP contribution in [0, 0.1) is 5.92 Å². The molecule has 6 heteroatoms. The fraction of sp³-hybridized carbons (Fsp3) is 0.562. The third-order valence-corrected chi connectivity index (χ3v) is 4.34. The predicted octanol–water partition coefficient (Wildman–Crippen LogP) is 2.91. The van der Waals surface area contributed by atoms with E-state index in [1.807, 2.05) is 24.1 Å². The van der Waals surface area contributed by atoms with Crippen LogP contribution in [0.1, 0.15) is 30.6 Å². The third kappa shape index (κ3) is 4.77. The molecule has 2 N–H and O–H groups in total. The Hall–Kier alpha value is -0.970. The second-order valence-electron chi connectivity index (χ2n) is 5.77. The van der Waals surface area contributed by atoms with Crippen LogP contribution >= 0.6 is 24.8 Å². The lowest BCUT2D eigenvalue weighted by molar-refractivity contribution is 0.0520. The Morgan fingerprint density at radius 3 is 2.64 bits per heavy atom. The summed E-state index contributed by atoms with van der Waals surface area (Å²) in [6, 6.07) is 7.54. The number of rotatable bonds is 3. The highest BCUT2D eigenvalue weighted by molar-refractivity contribution is 5.95. The lowest BCUT2D eigenvalue weighted by Gasteiger charge is -2.41. The van der Waals surface area contributed by atoms with E-state index < -0.39 is 0 Å². The SMILES string of the molecule is CCN1CCC(N(C)C(=O)c2cccc(N)c2)C(C)C1.Cl.Cl. The van der Waals surface area contributed by atoms with Gasteiger partial charge in [0.25, 0.3) is 5.91 Å². The normalized spacial score (nSPS) is 21.4. The molecule has 1 heterocycles. The van der Waals surface area contributed by atoms with Gasteiger partial charge in [-0.25, -0.2) is 0 Å². The summed E-state index contributed by atoms with van der Waals surface area (Å²) in [6.45, 7) is 7.64. The van der Waals surface area contributed by atoms with Crippen molar-refractivity contribution >= 4 is 36.4 Å². The fourth-order valence-electron chi connectivity index (χ4n) is 3.11. The molecule has 1 amide bonds. The number of halogens is 2.